The maximum atomic E-state index is 13.2. The summed E-state index contributed by atoms with van der Waals surface area (Å²) in [5, 5.41) is 11.2. The van der Waals surface area contributed by atoms with Crippen molar-refractivity contribution in [3.63, 3.8) is 0 Å². The van der Waals surface area contributed by atoms with E-state index in [2.05, 4.69) is 0 Å². The van der Waals surface area contributed by atoms with Crippen LogP contribution in [0.25, 0.3) is 10.8 Å². The summed E-state index contributed by atoms with van der Waals surface area (Å²) in [6.07, 6.45) is 0.626. The number of methoxy groups -OCH3 is 1. The summed E-state index contributed by atoms with van der Waals surface area (Å²) >= 11 is 0. The van der Waals surface area contributed by atoms with Crippen molar-refractivity contribution in [2.45, 2.75) is 25.7 Å². The molecule has 0 radical (unpaired) electrons. The molecule has 0 heterocycles. The second-order valence-electron chi connectivity index (χ2n) is 7.40. The summed E-state index contributed by atoms with van der Waals surface area (Å²) in [5.41, 5.74) is 2.04. The monoisotopic (exact) mass is 405 g/mol. The molecule has 0 aliphatic carbocycles. The van der Waals surface area contributed by atoms with Crippen LogP contribution in [-0.4, -0.2) is 42.1 Å². The van der Waals surface area contributed by atoms with E-state index in [9.17, 15) is 9.59 Å². The van der Waals surface area contributed by atoms with Crippen molar-refractivity contribution in [2.75, 3.05) is 20.2 Å². The third kappa shape index (κ3) is 5.38. The summed E-state index contributed by atoms with van der Waals surface area (Å²) in [4.78, 5) is 26.0. The summed E-state index contributed by atoms with van der Waals surface area (Å²) in [6, 6.07) is 21.7. The molecule has 1 N–H and O–H groups in total. The highest BCUT2D eigenvalue weighted by molar-refractivity contribution is 5.88. The van der Waals surface area contributed by atoms with E-state index in [1.165, 1.54) is 0 Å². The van der Waals surface area contributed by atoms with Gasteiger partial charge in [0.25, 0.3) is 0 Å². The van der Waals surface area contributed by atoms with Gasteiger partial charge < -0.3 is 14.7 Å². The van der Waals surface area contributed by atoms with Crippen LogP contribution in [0, 0.1) is 0 Å². The number of ether oxygens (including phenoxy) is 1. The molecule has 0 bridgehead atoms. The van der Waals surface area contributed by atoms with Gasteiger partial charge in [0.15, 0.2) is 0 Å². The number of carboxylic acids is 1. The average Bonchev–Trinajstić information content (AvgIpc) is 2.78. The molecule has 0 aliphatic heterocycles. The van der Waals surface area contributed by atoms with Crippen LogP contribution in [0.4, 0.5) is 0 Å². The first-order valence-corrected chi connectivity index (χ1v) is 10.1. The summed E-state index contributed by atoms with van der Waals surface area (Å²) in [5.74, 6) is -0.527. The molecule has 0 fully saturated rings. The lowest BCUT2D eigenvalue weighted by atomic mass is 9.96. The first-order valence-electron chi connectivity index (χ1n) is 10.1. The molecular formula is C25H27NO4. The standard InChI is InChI=1S/C25H27NO4/c1-18(20-8-9-22-17-23(30-2)11-10-21(22)16-20)25(29)26(15-13-24(27)28)14-12-19-6-4-3-5-7-19/h3-11,16-18H,12-15H2,1-2H3,(H,27,28). The normalized spacial score (nSPS) is 11.8. The molecule has 3 aromatic rings. The topological polar surface area (TPSA) is 66.8 Å². The fourth-order valence-electron chi connectivity index (χ4n) is 3.53. The van der Waals surface area contributed by atoms with Crippen molar-refractivity contribution >= 4 is 22.6 Å². The molecule has 0 aliphatic rings. The highest BCUT2D eigenvalue weighted by atomic mass is 16.5. The van der Waals surface area contributed by atoms with Crippen molar-refractivity contribution in [3.8, 4) is 5.75 Å². The zero-order valence-electron chi connectivity index (χ0n) is 17.4. The molecule has 3 aromatic carbocycles. The van der Waals surface area contributed by atoms with Crippen LogP contribution < -0.4 is 4.74 Å². The van der Waals surface area contributed by atoms with E-state index in [1.807, 2.05) is 73.7 Å². The second kappa shape index (κ2) is 9.92. The number of carboxylic acid groups (broad SMARTS) is 1. The van der Waals surface area contributed by atoms with Gasteiger partial charge in [0.05, 0.1) is 19.4 Å². The van der Waals surface area contributed by atoms with Crippen molar-refractivity contribution in [3.05, 3.63) is 77.9 Å². The van der Waals surface area contributed by atoms with Gasteiger partial charge in [0, 0.05) is 13.1 Å². The number of carbonyl (C=O) groups is 2. The van der Waals surface area contributed by atoms with Crippen LogP contribution in [0.1, 0.15) is 30.4 Å². The number of hydrogen-bond donors (Lipinski definition) is 1. The van der Waals surface area contributed by atoms with E-state index < -0.39 is 5.97 Å². The molecule has 0 aromatic heterocycles. The van der Waals surface area contributed by atoms with E-state index in [0.717, 1.165) is 27.6 Å². The summed E-state index contributed by atoms with van der Waals surface area (Å²) in [6.45, 7) is 2.57. The molecule has 30 heavy (non-hydrogen) atoms. The first-order chi connectivity index (χ1) is 14.5. The average molecular weight is 405 g/mol. The van der Waals surface area contributed by atoms with E-state index in [1.54, 1.807) is 12.0 Å². The maximum Gasteiger partial charge on any atom is 0.305 e. The minimum Gasteiger partial charge on any atom is -0.497 e. The van der Waals surface area contributed by atoms with Gasteiger partial charge in [0.2, 0.25) is 5.91 Å². The van der Waals surface area contributed by atoms with Crippen LogP contribution >= 0.6 is 0 Å². The second-order valence-corrected chi connectivity index (χ2v) is 7.40. The zero-order valence-corrected chi connectivity index (χ0v) is 17.4. The maximum absolute atomic E-state index is 13.2. The lowest BCUT2D eigenvalue weighted by Gasteiger charge is -2.26. The minimum absolute atomic E-state index is 0.0555. The van der Waals surface area contributed by atoms with E-state index in [0.29, 0.717) is 13.0 Å². The Morgan fingerprint density at radius 2 is 1.67 bits per heavy atom. The molecule has 3 rings (SSSR count). The first kappa shape index (κ1) is 21.4. The van der Waals surface area contributed by atoms with Gasteiger partial charge in [-0.1, -0.05) is 54.6 Å². The number of aliphatic carboxylic acids is 1. The van der Waals surface area contributed by atoms with Crippen LogP contribution in [-0.2, 0) is 16.0 Å². The molecule has 0 spiro atoms. The van der Waals surface area contributed by atoms with Crippen molar-refractivity contribution < 1.29 is 19.4 Å². The summed E-state index contributed by atoms with van der Waals surface area (Å²) in [7, 11) is 1.64. The van der Waals surface area contributed by atoms with Gasteiger partial charge in [-0.2, -0.15) is 0 Å². The van der Waals surface area contributed by atoms with Gasteiger partial charge in [-0.25, -0.2) is 0 Å². The fourth-order valence-corrected chi connectivity index (χ4v) is 3.53. The Balaban J connectivity index is 1.77. The third-order valence-corrected chi connectivity index (χ3v) is 5.36. The molecule has 5 nitrogen and oxygen atoms in total. The van der Waals surface area contributed by atoms with Gasteiger partial charge in [0.1, 0.15) is 5.75 Å². The zero-order chi connectivity index (χ0) is 21.5. The molecular weight excluding hydrogens is 378 g/mol. The fraction of sp³-hybridized carbons (Fsp3) is 0.280. The molecule has 1 unspecified atom stereocenters. The van der Waals surface area contributed by atoms with Crippen molar-refractivity contribution in [2.24, 2.45) is 0 Å². The van der Waals surface area contributed by atoms with Crippen LogP contribution in [0.15, 0.2) is 66.7 Å². The summed E-state index contributed by atoms with van der Waals surface area (Å²) < 4.78 is 5.27. The van der Waals surface area contributed by atoms with E-state index in [-0.39, 0.29) is 24.8 Å². The highest BCUT2D eigenvalue weighted by Gasteiger charge is 2.22. The number of fused-ring (bicyclic) bond motifs is 1. The molecule has 5 heteroatoms. The predicted octanol–water partition coefficient (Wildman–Crippen LogP) is 4.50. The minimum atomic E-state index is -0.903. The number of amides is 1. The van der Waals surface area contributed by atoms with Crippen molar-refractivity contribution in [1.29, 1.82) is 0 Å². The smallest absolute Gasteiger partial charge is 0.305 e. The number of benzene rings is 3. The van der Waals surface area contributed by atoms with Gasteiger partial charge in [-0.15, -0.1) is 0 Å². The Morgan fingerprint density at radius 1 is 0.967 bits per heavy atom. The Morgan fingerprint density at radius 3 is 2.37 bits per heavy atom. The van der Waals surface area contributed by atoms with Crippen LogP contribution in [0.2, 0.25) is 0 Å². The molecule has 0 saturated heterocycles. The predicted molar refractivity (Wildman–Crippen MR) is 118 cm³/mol. The van der Waals surface area contributed by atoms with Crippen molar-refractivity contribution in [1.82, 2.24) is 4.90 Å². The molecule has 1 amide bonds. The Labute approximate surface area is 176 Å². The van der Waals surface area contributed by atoms with Crippen LogP contribution in [0.5, 0.6) is 5.75 Å². The number of hydrogen-bond acceptors (Lipinski definition) is 3. The highest BCUT2D eigenvalue weighted by Crippen LogP contribution is 2.26. The largest absolute Gasteiger partial charge is 0.497 e. The lowest BCUT2D eigenvalue weighted by Crippen LogP contribution is -2.37. The Kier molecular flexibility index (Phi) is 7.07. The third-order valence-electron chi connectivity index (χ3n) is 5.36. The molecule has 1 atom stereocenters. The quantitative estimate of drug-likeness (QED) is 0.569. The SMILES string of the molecule is COc1ccc2cc(C(C)C(=O)N(CCC(=O)O)CCc3ccccc3)ccc2c1. The van der Waals surface area contributed by atoms with Gasteiger partial charge >= 0.3 is 5.97 Å². The number of carbonyl (C=O) groups excluding carboxylic acids is 1. The van der Waals surface area contributed by atoms with E-state index in [4.69, 9.17) is 9.84 Å². The van der Waals surface area contributed by atoms with Crippen LogP contribution in [0.3, 0.4) is 0 Å². The lowest BCUT2D eigenvalue weighted by molar-refractivity contribution is -0.138. The van der Waals surface area contributed by atoms with E-state index >= 15 is 0 Å². The Bertz CT molecular complexity index is 1020. The van der Waals surface area contributed by atoms with Gasteiger partial charge in [-0.05, 0) is 47.4 Å². The molecule has 0 saturated carbocycles. The van der Waals surface area contributed by atoms with Gasteiger partial charge in [-0.3, -0.25) is 9.59 Å². The number of rotatable bonds is 9. The Hall–Kier alpha value is -3.34. The molecule has 156 valence electrons. The number of nitrogens with zero attached hydrogens (tertiary/aromatic N) is 1.